The molecule has 3 atom stereocenters. The van der Waals surface area contributed by atoms with Crippen molar-refractivity contribution in [2.24, 2.45) is 5.92 Å². The van der Waals surface area contributed by atoms with Gasteiger partial charge in [0.25, 0.3) is 5.91 Å². The molecule has 1 aliphatic carbocycles. The lowest BCUT2D eigenvalue weighted by molar-refractivity contribution is 0.0303. The predicted octanol–water partition coefficient (Wildman–Crippen LogP) is 6.29. The first-order valence-corrected chi connectivity index (χ1v) is 12.6. The first kappa shape index (κ1) is 20.7. The molecular weight excluding hydrogens is 432 g/mol. The second-order valence-corrected chi connectivity index (χ2v) is 9.88. The molecule has 3 aliphatic rings. The lowest BCUT2D eigenvalue weighted by Crippen LogP contribution is -2.41. The number of rotatable bonds is 2. The molecule has 7 rings (SSSR count). The van der Waals surface area contributed by atoms with Crippen LogP contribution in [0.5, 0.6) is 0 Å². The minimum atomic E-state index is 0.0969. The van der Waals surface area contributed by atoms with Crippen LogP contribution in [0.15, 0.2) is 84.9 Å². The van der Waals surface area contributed by atoms with Crippen LogP contribution in [0.4, 0.5) is 5.69 Å². The molecule has 4 aromatic carbocycles. The minimum Gasteiger partial charge on any atom is -0.378 e. The fourth-order valence-corrected chi connectivity index (χ4v) is 6.41. The largest absolute Gasteiger partial charge is 0.378 e. The van der Waals surface area contributed by atoms with Crippen LogP contribution in [0.25, 0.3) is 21.5 Å². The fraction of sp³-hybridized carbons (Fsp3) is 0.258. The van der Waals surface area contributed by atoms with E-state index in [-0.39, 0.29) is 11.9 Å². The Morgan fingerprint density at radius 2 is 1.60 bits per heavy atom. The zero-order chi connectivity index (χ0) is 23.4. The molecule has 0 spiro atoms. The van der Waals surface area contributed by atoms with E-state index in [0.29, 0.717) is 38.1 Å². The zero-order valence-corrected chi connectivity index (χ0v) is 19.6. The van der Waals surface area contributed by atoms with Gasteiger partial charge in [0.05, 0.1) is 30.5 Å². The number of ether oxygens (including phenoxy) is 1. The number of morpholine rings is 1. The average Bonchev–Trinajstić information content (AvgIpc) is 3.42. The second kappa shape index (κ2) is 8.24. The molecule has 1 amide bonds. The molecule has 174 valence electrons. The van der Waals surface area contributed by atoms with Gasteiger partial charge in [-0.1, -0.05) is 72.8 Å². The van der Waals surface area contributed by atoms with E-state index in [0.717, 1.165) is 17.7 Å². The van der Waals surface area contributed by atoms with Crippen LogP contribution in [0.2, 0.25) is 0 Å². The molecule has 4 heteroatoms. The van der Waals surface area contributed by atoms with Crippen LogP contribution >= 0.6 is 0 Å². The molecule has 1 saturated heterocycles. The molecule has 1 fully saturated rings. The van der Waals surface area contributed by atoms with Gasteiger partial charge in [0, 0.05) is 19.0 Å². The number of hydrogen-bond donors (Lipinski definition) is 1. The highest BCUT2D eigenvalue weighted by atomic mass is 16.5. The van der Waals surface area contributed by atoms with Crippen molar-refractivity contribution in [2.75, 3.05) is 31.6 Å². The van der Waals surface area contributed by atoms with Gasteiger partial charge in [0.1, 0.15) is 0 Å². The van der Waals surface area contributed by atoms with Crippen molar-refractivity contribution in [1.82, 2.24) is 4.90 Å². The topological polar surface area (TPSA) is 41.6 Å². The molecule has 35 heavy (non-hydrogen) atoms. The van der Waals surface area contributed by atoms with E-state index in [9.17, 15) is 4.79 Å². The highest BCUT2D eigenvalue weighted by Crippen LogP contribution is 2.52. The van der Waals surface area contributed by atoms with Gasteiger partial charge < -0.3 is 15.0 Å². The molecule has 0 aromatic heterocycles. The zero-order valence-electron chi connectivity index (χ0n) is 19.6. The maximum absolute atomic E-state index is 13.6. The maximum atomic E-state index is 13.6. The third kappa shape index (κ3) is 3.28. The smallest absolute Gasteiger partial charge is 0.256 e. The first-order chi connectivity index (χ1) is 17.3. The number of benzene rings is 4. The number of carbonyl (C=O) groups excluding carboxylic acids is 1. The van der Waals surface area contributed by atoms with Crippen LogP contribution in [0, 0.1) is 5.92 Å². The quantitative estimate of drug-likeness (QED) is 0.282. The second-order valence-electron chi connectivity index (χ2n) is 9.88. The lowest BCUT2D eigenvalue weighted by Gasteiger charge is -2.40. The molecule has 0 saturated carbocycles. The third-order valence-corrected chi connectivity index (χ3v) is 8.05. The Morgan fingerprint density at radius 3 is 2.34 bits per heavy atom. The number of anilines is 1. The number of para-hydroxylation sites is 1. The van der Waals surface area contributed by atoms with Crippen LogP contribution in [0.3, 0.4) is 0 Å². The number of nitrogens with one attached hydrogen (secondary N) is 1. The Labute approximate surface area is 205 Å². The van der Waals surface area contributed by atoms with Crippen molar-refractivity contribution in [3.05, 3.63) is 102 Å². The Bertz CT molecular complexity index is 1430. The standard InChI is InChI=1S/C31H28N2O2/c34-31(33-15-17-35-18-16-33)27-14-6-12-25-24-11-5-13-26(24)30(32-29(25)27)28-22-9-3-1-7-20(22)19-21-8-2-4-10-23(21)28/h1-12,14,19,24,26,30,32H,13,15-18H2. The van der Waals surface area contributed by atoms with Gasteiger partial charge in [0.2, 0.25) is 0 Å². The minimum absolute atomic E-state index is 0.0969. The summed E-state index contributed by atoms with van der Waals surface area (Å²) in [7, 11) is 0. The fourth-order valence-electron chi connectivity index (χ4n) is 6.41. The molecule has 0 radical (unpaired) electrons. The average molecular weight is 461 g/mol. The summed E-state index contributed by atoms with van der Waals surface area (Å²) in [6, 6.07) is 26.0. The third-order valence-electron chi connectivity index (χ3n) is 8.05. The summed E-state index contributed by atoms with van der Waals surface area (Å²) in [6.07, 6.45) is 5.71. The molecule has 4 aromatic rings. The number of nitrogens with zero attached hydrogens (tertiary/aromatic N) is 1. The van der Waals surface area contributed by atoms with E-state index in [4.69, 9.17) is 4.74 Å². The number of carbonyl (C=O) groups is 1. The molecule has 3 unspecified atom stereocenters. The van der Waals surface area contributed by atoms with Gasteiger partial charge in [0.15, 0.2) is 0 Å². The molecule has 0 bridgehead atoms. The van der Waals surface area contributed by atoms with Crippen molar-refractivity contribution < 1.29 is 9.53 Å². The van der Waals surface area contributed by atoms with E-state index < -0.39 is 0 Å². The summed E-state index contributed by atoms with van der Waals surface area (Å²) >= 11 is 0. The number of hydrogen-bond acceptors (Lipinski definition) is 3. The van der Waals surface area contributed by atoms with Crippen molar-refractivity contribution in [3.63, 3.8) is 0 Å². The molecule has 2 aliphatic heterocycles. The highest BCUT2D eigenvalue weighted by Gasteiger charge is 2.40. The predicted molar refractivity (Wildman–Crippen MR) is 141 cm³/mol. The molecule has 2 heterocycles. The van der Waals surface area contributed by atoms with E-state index in [1.807, 2.05) is 17.0 Å². The Morgan fingerprint density at radius 1 is 0.886 bits per heavy atom. The monoisotopic (exact) mass is 460 g/mol. The van der Waals surface area contributed by atoms with Crippen molar-refractivity contribution in [2.45, 2.75) is 18.4 Å². The summed E-state index contributed by atoms with van der Waals surface area (Å²) in [5, 5.41) is 9.03. The van der Waals surface area contributed by atoms with E-state index in [2.05, 4.69) is 78.1 Å². The Kier molecular flexibility index (Phi) is 4.88. The number of fused-ring (bicyclic) bond motifs is 5. The van der Waals surface area contributed by atoms with Crippen LogP contribution < -0.4 is 5.32 Å². The number of amides is 1. The Hall–Kier alpha value is -3.63. The molecule has 4 nitrogen and oxygen atoms in total. The van der Waals surface area contributed by atoms with Crippen LogP contribution in [-0.4, -0.2) is 37.1 Å². The highest BCUT2D eigenvalue weighted by molar-refractivity contribution is 6.04. The van der Waals surface area contributed by atoms with Gasteiger partial charge in [-0.25, -0.2) is 0 Å². The van der Waals surface area contributed by atoms with Crippen molar-refractivity contribution in [1.29, 1.82) is 0 Å². The molecule has 1 N–H and O–H groups in total. The van der Waals surface area contributed by atoms with Crippen molar-refractivity contribution >= 4 is 33.1 Å². The maximum Gasteiger partial charge on any atom is 0.256 e. The van der Waals surface area contributed by atoms with Crippen LogP contribution in [0.1, 0.15) is 39.9 Å². The normalized spacial score (nSPS) is 23.2. The molecular formula is C31H28N2O2. The van der Waals surface area contributed by atoms with Gasteiger partial charge >= 0.3 is 0 Å². The summed E-state index contributed by atoms with van der Waals surface area (Å²) in [5.41, 5.74) is 4.36. The van der Waals surface area contributed by atoms with Gasteiger partial charge in [-0.15, -0.1) is 0 Å². The summed E-state index contributed by atoms with van der Waals surface area (Å²) in [5.74, 6) is 0.802. The summed E-state index contributed by atoms with van der Waals surface area (Å²) in [4.78, 5) is 15.6. The van der Waals surface area contributed by atoms with Crippen molar-refractivity contribution in [3.8, 4) is 0 Å². The van der Waals surface area contributed by atoms with Gasteiger partial charge in [-0.05, 0) is 57.1 Å². The SMILES string of the molecule is O=C(c1cccc2c1NC(c1c3ccccc3cc3ccccc13)C1CC=CC21)N1CCOCC1. The van der Waals surface area contributed by atoms with E-state index in [1.165, 1.54) is 32.7 Å². The summed E-state index contributed by atoms with van der Waals surface area (Å²) < 4.78 is 5.49. The Balaban J connectivity index is 1.42. The van der Waals surface area contributed by atoms with Gasteiger partial charge in [-0.3, -0.25) is 4.79 Å². The van der Waals surface area contributed by atoms with Gasteiger partial charge in [-0.2, -0.15) is 0 Å². The lowest BCUT2D eigenvalue weighted by atomic mass is 9.74. The first-order valence-electron chi connectivity index (χ1n) is 12.6. The van der Waals surface area contributed by atoms with E-state index >= 15 is 0 Å². The summed E-state index contributed by atoms with van der Waals surface area (Å²) in [6.45, 7) is 2.50. The number of allylic oxidation sites excluding steroid dienone is 2. The van der Waals surface area contributed by atoms with E-state index in [1.54, 1.807) is 0 Å². The van der Waals surface area contributed by atoms with Crippen LogP contribution in [-0.2, 0) is 4.74 Å².